The van der Waals surface area contributed by atoms with Crippen molar-refractivity contribution in [3.8, 4) is 0 Å². The van der Waals surface area contributed by atoms with Gasteiger partial charge in [0, 0.05) is 8.07 Å². The van der Waals surface area contributed by atoms with Gasteiger partial charge in [0.25, 0.3) is 0 Å². The number of allylic oxidation sites excluding steroid dienone is 1. The predicted molar refractivity (Wildman–Crippen MR) is 62.2 cm³/mol. The summed E-state index contributed by atoms with van der Waals surface area (Å²) in [6.07, 6.45) is 6.63. The zero-order chi connectivity index (χ0) is 10.4. The Morgan fingerprint density at radius 3 is 2.43 bits per heavy atom. The third-order valence-corrected chi connectivity index (χ3v) is 4.09. The molecular formula is C11H22O2Si. The van der Waals surface area contributed by atoms with E-state index in [1.54, 1.807) is 0 Å². The minimum Gasteiger partial charge on any atom is -0.347 e. The van der Waals surface area contributed by atoms with Crippen LogP contribution in [0.1, 0.15) is 12.8 Å². The first-order valence-electron chi connectivity index (χ1n) is 5.48. The molecule has 0 aromatic rings. The van der Waals surface area contributed by atoms with Gasteiger partial charge in [0.05, 0.1) is 13.2 Å². The van der Waals surface area contributed by atoms with Crippen molar-refractivity contribution in [3.05, 3.63) is 12.2 Å². The van der Waals surface area contributed by atoms with Crippen molar-refractivity contribution in [2.24, 2.45) is 0 Å². The molecule has 0 aromatic heterocycles. The van der Waals surface area contributed by atoms with Crippen LogP contribution in [0.15, 0.2) is 12.2 Å². The van der Waals surface area contributed by atoms with Crippen LogP contribution in [-0.2, 0) is 9.47 Å². The molecule has 2 nitrogen and oxygen atoms in total. The summed E-state index contributed by atoms with van der Waals surface area (Å²) in [4.78, 5) is 0. The minimum absolute atomic E-state index is 0.0677. The van der Waals surface area contributed by atoms with E-state index in [-0.39, 0.29) is 6.29 Å². The molecule has 1 heterocycles. The van der Waals surface area contributed by atoms with Gasteiger partial charge in [-0.1, -0.05) is 38.2 Å². The molecule has 1 aliphatic heterocycles. The molecule has 0 amide bonds. The normalized spacial score (nSPS) is 19.6. The molecule has 0 saturated carbocycles. The molecule has 0 N–H and O–H groups in total. The van der Waals surface area contributed by atoms with E-state index in [1.165, 1.54) is 12.5 Å². The van der Waals surface area contributed by atoms with E-state index in [2.05, 4.69) is 25.7 Å². The number of unbranched alkanes of at least 4 members (excludes halogenated alkanes) is 1. The van der Waals surface area contributed by atoms with Gasteiger partial charge < -0.3 is 9.47 Å². The summed E-state index contributed by atoms with van der Waals surface area (Å²) in [6.45, 7) is 8.73. The standard InChI is InChI=1S/C11H22O2Si/c1-14(2,3)10-6-4-5-7-11-12-8-9-13-11/h5,7,11H,4,6,8-10H2,1-3H3/b7-5-. The molecule has 1 rings (SSSR count). The largest absolute Gasteiger partial charge is 0.347 e. The fourth-order valence-corrected chi connectivity index (χ4v) is 2.71. The maximum atomic E-state index is 5.30. The Morgan fingerprint density at radius 1 is 1.21 bits per heavy atom. The van der Waals surface area contributed by atoms with Crippen molar-refractivity contribution in [2.75, 3.05) is 13.2 Å². The van der Waals surface area contributed by atoms with Crippen molar-refractivity contribution < 1.29 is 9.47 Å². The Hall–Kier alpha value is -0.123. The lowest BCUT2D eigenvalue weighted by atomic mass is 10.3. The Morgan fingerprint density at radius 2 is 1.86 bits per heavy atom. The van der Waals surface area contributed by atoms with Crippen molar-refractivity contribution in [1.29, 1.82) is 0 Å². The molecule has 0 radical (unpaired) electrons. The van der Waals surface area contributed by atoms with Gasteiger partial charge in [-0.05, 0) is 12.5 Å². The van der Waals surface area contributed by atoms with Gasteiger partial charge in [-0.15, -0.1) is 0 Å². The Labute approximate surface area is 88.3 Å². The molecule has 14 heavy (non-hydrogen) atoms. The molecule has 0 aromatic carbocycles. The second-order valence-corrected chi connectivity index (χ2v) is 10.6. The van der Waals surface area contributed by atoms with E-state index in [1.807, 2.05) is 6.08 Å². The summed E-state index contributed by atoms with van der Waals surface area (Å²) in [5, 5.41) is 0. The molecule has 0 unspecified atom stereocenters. The summed E-state index contributed by atoms with van der Waals surface area (Å²) >= 11 is 0. The van der Waals surface area contributed by atoms with E-state index in [4.69, 9.17) is 9.47 Å². The van der Waals surface area contributed by atoms with Crippen LogP contribution >= 0.6 is 0 Å². The fraction of sp³-hybridized carbons (Fsp3) is 0.818. The number of hydrogen-bond acceptors (Lipinski definition) is 2. The van der Waals surface area contributed by atoms with Crippen LogP contribution in [0.5, 0.6) is 0 Å². The maximum absolute atomic E-state index is 5.30. The molecule has 0 spiro atoms. The first-order valence-corrected chi connectivity index (χ1v) is 9.18. The lowest BCUT2D eigenvalue weighted by Gasteiger charge is -2.14. The predicted octanol–water partition coefficient (Wildman–Crippen LogP) is 3.03. The van der Waals surface area contributed by atoms with Gasteiger partial charge in [0.15, 0.2) is 6.29 Å². The summed E-state index contributed by atoms with van der Waals surface area (Å²) < 4.78 is 10.6. The molecule has 3 heteroatoms. The quantitative estimate of drug-likeness (QED) is 0.398. The summed E-state index contributed by atoms with van der Waals surface area (Å²) in [5.41, 5.74) is 0. The highest BCUT2D eigenvalue weighted by atomic mass is 28.3. The third kappa shape index (κ3) is 5.57. The molecule has 82 valence electrons. The number of ether oxygens (including phenoxy) is 2. The van der Waals surface area contributed by atoms with Crippen LogP contribution in [0.4, 0.5) is 0 Å². The number of hydrogen-bond donors (Lipinski definition) is 0. The average molecular weight is 214 g/mol. The number of rotatable bonds is 5. The first-order chi connectivity index (χ1) is 6.58. The highest BCUT2D eigenvalue weighted by Gasteiger charge is 2.12. The average Bonchev–Trinajstić information content (AvgIpc) is 2.54. The van der Waals surface area contributed by atoms with E-state index in [0.29, 0.717) is 0 Å². The molecule has 1 saturated heterocycles. The third-order valence-electron chi connectivity index (χ3n) is 2.24. The summed E-state index contributed by atoms with van der Waals surface area (Å²) in [6, 6.07) is 1.41. The first kappa shape index (κ1) is 11.9. The van der Waals surface area contributed by atoms with Crippen LogP contribution in [0.3, 0.4) is 0 Å². The SMILES string of the molecule is C[Si](C)(C)CCC/C=C\C1OCCO1. The smallest absolute Gasteiger partial charge is 0.177 e. The second kappa shape index (κ2) is 5.68. The van der Waals surface area contributed by atoms with Gasteiger partial charge in [-0.25, -0.2) is 0 Å². The van der Waals surface area contributed by atoms with Gasteiger partial charge >= 0.3 is 0 Å². The Balaban J connectivity index is 2.03. The lowest BCUT2D eigenvalue weighted by Crippen LogP contribution is -2.18. The van der Waals surface area contributed by atoms with E-state index in [9.17, 15) is 0 Å². The molecule has 0 atom stereocenters. The van der Waals surface area contributed by atoms with Gasteiger partial charge in [-0.2, -0.15) is 0 Å². The van der Waals surface area contributed by atoms with Crippen LogP contribution in [0.25, 0.3) is 0 Å². The molecule has 0 bridgehead atoms. The van der Waals surface area contributed by atoms with Gasteiger partial charge in [0.1, 0.15) is 0 Å². The van der Waals surface area contributed by atoms with E-state index >= 15 is 0 Å². The lowest BCUT2D eigenvalue weighted by molar-refractivity contribution is -0.00173. The second-order valence-electron chi connectivity index (χ2n) is 4.99. The topological polar surface area (TPSA) is 18.5 Å². The van der Waals surface area contributed by atoms with Crippen molar-refractivity contribution >= 4 is 8.07 Å². The van der Waals surface area contributed by atoms with Crippen LogP contribution in [-0.4, -0.2) is 27.6 Å². The van der Waals surface area contributed by atoms with Crippen molar-refractivity contribution in [2.45, 2.75) is 44.8 Å². The van der Waals surface area contributed by atoms with E-state index in [0.717, 1.165) is 19.6 Å². The van der Waals surface area contributed by atoms with Gasteiger partial charge in [-0.3, -0.25) is 0 Å². The fourth-order valence-electron chi connectivity index (χ4n) is 1.45. The molecular weight excluding hydrogens is 192 g/mol. The highest BCUT2D eigenvalue weighted by Crippen LogP contribution is 2.13. The Bertz CT molecular complexity index is 178. The summed E-state index contributed by atoms with van der Waals surface area (Å²) in [7, 11) is -0.835. The monoisotopic (exact) mass is 214 g/mol. The Kier molecular flexibility index (Phi) is 4.85. The van der Waals surface area contributed by atoms with Gasteiger partial charge in [0.2, 0.25) is 0 Å². The van der Waals surface area contributed by atoms with Crippen LogP contribution < -0.4 is 0 Å². The molecule has 1 aliphatic rings. The van der Waals surface area contributed by atoms with Crippen molar-refractivity contribution in [3.63, 3.8) is 0 Å². The summed E-state index contributed by atoms with van der Waals surface area (Å²) in [5.74, 6) is 0. The zero-order valence-electron chi connectivity index (χ0n) is 9.58. The van der Waals surface area contributed by atoms with Crippen molar-refractivity contribution in [1.82, 2.24) is 0 Å². The minimum atomic E-state index is -0.835. The molecule has 0 aliphatic carbocycles. The van der Waals surface area contributed by atoms with Crippen LogP contribution in [0, 0.1) is 0 Å². The van der Waals surface area contributed by atoms with Crippen LogP contribution in [0.2, 0.25) is 25.7 Å². The molecule has 1 fully saturated rings. The van der Waals surface area contributed by atoms with E-state index < -0.39 is 8.07 Å². The zero-order valence-corrected chi connectivity index (χ0v) is 10.6. The maximum Gasteiger partial charge on any atom is 0.177 e. The highest BCUT2D eigenvalue weighted by molar-refractivity contribution is 6.76.